The van der Waals surface area contributed by atoms with E-state index in [1.54, 1.807) is 0 Å². The molecule has 0 bridgehead atoms. The van der Waals surface area contributed by atoms with Crippen LogP contribution < -0.4 is 5.73 Å². The first-order valence-corrected chi connectivity index (χ1v) is 5.82. The molecule has 2 N–H and O–H groups in total. The van der Waals surface area contributed by atoms with Crippen molar-refractivity contribution in [2.75, 3.05) is 0 Å². The lowest BCUT2D eigenvalue weighted by Gasteiger charge is -2.37. The summed E-state index contributed by atoms with van der Waals surface area (Å²) in [5.74, 6) is -3.17. The topological polar surface area (TPSA) is 26.0 Å². The monoisotopic (exact) mass is 263 g/mol. The summed E-state index contributed by atoms with van der Waals surface area (Å²) in [6.07, 6.45) is -0.487. The first-order valence-electron chi connectivity index (χ1n) is 5.45. The van der Waals surface area contributed by atoms with Crippen LogP contribution in [-0.4, -0.2) is 5.92 Å². The van der Waals surface area contributed by atoms with Gasteiger partial charge in [0, 0.05) is 29.0 Å². The molecule has 1 aromatic rings. The van der Waals surface area contributed by atoms with Gasteiger partial charge in [-0.25, -0.2) is 13.2 Å². The number of hydrogen-bond acceptors (Lipinski definition) is 1. The van der Waals surface area contributed by atoms with E-state index in [1.807, 2.05) is 0 Å². The van der Waals surface area contributed by atoms with Crippen LogP contribution in [0.2, 0.25) is 5.02 Å². The van der Waals surface area contributed by atoms with E-state index in [0.29, 0.717) is 5.02 Å². The van der Waals surface area contributed by atoms with Gasteiger partial charge >= 0.3 is 0 Å². The SMILES string of the molecule is NC1(c2cc(Cl)ccc2F)CCC(F)(F)CC1. The molecule has 0 aliphatic heterocycles. The van der Waals surface area contributed by atoms with E-state index in [9.17, 15) is 13.2 Å². The van der Waals surface area contributed by atoms with Crippen LogP contribution in [0.4, 0.5) is 13.2 Å². The molecule has 1 aliphatic rings. The van der Waals surface area contributed by atoms with Crippen LogP contribution in [0.15, 0.2) is 18.2 Å². The van der Waals surface area contributed by atoms with E-state index in [4.69, 9.17) is 17.3 Å². The van der Waals surface area contributed by atoms with Crippen molar-refractivity contribution in [2.45, 2.75) is 37.1 Å². The van der Waals surface area contributed by atoms with Gasteiger partial charge in [0.05, 0.1) is 0 Å². The highest BCUT2D eigenvalue weighted by Crippen LogP contribution is 2.43. The number of benzene rings is 1. The maximum atomic E-state index is 13.7. The molecule has 1 aromatic carbocycles. The van der Waals surface area contributed by atoms with Gasteiger partial charge in [0.2, 0.25) is 5.92 Å². The molecule has 0 aromatic heterocycles. The Morgan fingerprint density at radius 2 is 1.71 bits per heavy atom. The van der Waals surface area contributed by atoms with Crippen molar-refractivity contribution in [1.82, 2.24) is 0 Å². The first-order chi connectivity index (χ1) is 7.82. The van der Waals surface area contributed by atoms with Crippen LogP contribution in [0.1, 0.15) is 31.2 Å². The van der Waals surface area contributed by atoms with Gasteiger partial charge in [0.1, 0.15) is 5.82 Å². The highest BCUT2D eigenvalue weighted by molar-refractivity contribution is 6.30. The second-order valence-electron chi connectivity index (χ2n) is 4.64. The number of rotatable bonds is 1. The molecule has 17 heavy (non-hydrogen) atoms. The molecule has 0 atom stereocenters. The fourth-order valence-corrected chi connectivity index (χ4v) is 2.38. The predicted octanol–water partition coefficient (Wildman–Crippen LogP) is 3.84. The average molecular weight is 264 g/mol. The minimum absolute atomic E-state index is 0.0667. The summed E-state index contributed by atoms with van der Waals surface area (Å²) >= 11 is 5.78. The summed E-state index contributed by atoms with van der Waals surface area (Å²) in [5, 5.41) is 0.364. The molecule has 0 spiro atoms. The van der Waals surface area contributed by atoms with Crippen molar-refractivity contribution in [3.63, 3.8) is 0 Å². The Hall–Kier alpha value is -0.740. The van der Waals surface area contributed by atoms with Crippen molar-refractivity contribution in [3.8, 4) is 0 Å². The Morgan fingerprint density at radius 1 is 1.12 bits per heavy atom. The van der Waals surface area contributed by atoms with E-state index in [2.05, 4.69) is 0 Å². The lowest BCUT2D eigenvalue weighted by Crippen LogP contribution is -2.44. The normalized spacial score (nSPS) is 22.4. The summed E-state index contributed by atoms with van der Waals surface area (Å²) in [7, 11) is 0. The lowest BCUT2D eigenvalue weighted by molar-refractivity contribution is -0.0518. The van der Waals surface area contributed by atoms with Gasteiger partial charge in [0.15, 0.2) is 0 Å². The minimum Gasteiger partial charge on any atom is -0.321 e. The molecule has 0 unspecified atom stereocenters. The zero-order valence-corrected chi connectivity index (χ0v) is 9.91. The number of alkyl halides is 2. The first kappa shape index (κ1) is 12.7. The van der Waals surface area contributed by atoms with Crippen molar-refractivity contribution in [3.05, 3.63) is 34.6 Å². The summed E-state index contributed by atoms with van der Waals surface area (Å²) in [5.41, 5.74) is 5.24. The van der Waals surface area contributed by atoms with Gasteiger partial charge in [-0.3, -0.25) is 0 Å². The van der Waals surface area contributed by atoms with Crippen molar-refractivity contribution in [2.24, 2.45) is 5.73 Å². The molecule has 2 rings (SSSR count). The highest BCUT2D eigenvalue weighted by atomic mass is 35.5. The Balaban J connectivity index is 2.30. The van der Waals surface area contributed by atoms with Gasteiger partial charge in [-0.05, 0) is 31.0 Å². The molecular formula is C12H13ClF3N. The van der Waals surface area contributed by atoms with E-state index >= 15 is 0 Å². The third kappa shape index (κ3) is 2.58. The molecule has 94 valence electrons. The van der Waals surface area contributed by atoms with Crippen LogP contribution in [-0.2, 0) is 5.54 Å². The van der Waals surface area contributed by atoms with Crippen molar-refractivity contribution >= 4 is 11.6 Å². The zero-order chi connectivity index (χ0) is 12.7. The second-order valence-corrected chi connectivity index (χ2v) is 5.07. The summed E-state index contributed by atoms with van der Waals surface area (Å²) < 4.78 is 39.8. The van der Waals surface area contributed by atoms with Crippen molar-refractivity contribution < 1.29 is 13.2 Å². The molecule has 1 aliphatic carbocycles. The number of nitrogens with two attached hydrogens (primary N) is 1. The zero-order valence-electron chi connectivity index (χ0n) is 9.15. The van der Waals surface area contributed by atoms with Gasteiger partial charge in [-0.2, -0.15) is 0 Å². The van der Waals surface area contributed by atoms with Gasteiger partial charge < -0.3 is 5.73 Å². The quantitative estimate of drug-likeness (QED) is 0.818. The largest absolute Gasteiger partial charge is 0.321 e. The molecule has 0 amide bonds. The van der Waals surface area contributed by atoms with E-state index < -0.39 is 17.3 Å². The molecule has 0 heterocycles. The molecule has 5 heteroatoms. The highest BCUT2D eigenvalue weighted by Gasteiger charge is 2.43. The minimum atomic E-state index is -2.68. The van der Waals surface area contributed by atoms with Crippen LogP contribution in [0.3, 0.4) is 0 Å². The van der Waals surface area contributed by atoms with Gasteiger partial charge in [0.25, 0.3) is 0 Å². The van der Waals surface area contributed by atoms with E-state index in [0.717, 1.165) is 0 Å². The average Bonchev–Trinajstić information content (AvgIpc) is 2.26. The summed E-state index contributed by atoms with van der Waals surface area (Å²) in [6.45, 7) is 0. The van der Waals surface area contributed by atoms with Gasteiger partial charge in [-0.15, -0.1) is 0 Å². The lowest BCUT2D eigenvalue weighted by atomic mass is 9.76. The van der Waals surface area contributed by atoms with Gasteiger partial charge in [-0.1, -0.05) is 11.6 Å². The Labute approximate surface area is 103 Å². The molecule has 1 nitrogen and oxygen atoms in total. The van der Waals surface area contributed by atoms with Crippen LogP contribution in [0.5, 0.6) is 0 Å². The Bertz CT molecular complexity index is 424. The number of halogens is 4. The fraction of sp³-hybridized carbons (Fsp3) is 0.500. The maximum absolute atomic E-state index is 13.7. The Kier molecular flexibility index (Phi) is 3.12. The van der Waals surface area contributed by atoms with Crippen molar-refractivity contribution in [1.29, 1.82) is 0 Å². The predicted molar refractivity (Wildman–Crippen MR) is 60.7 cm³/mol. The number of hydrogen-bond donors (Lipinski definition) is 1. The molecule has 1 saturated carbocycles. The summed E-state index contributed by atoms with van der Waals surface area (Å²) in [6, 6.07) is 4.07. The molecular weight excluding hydrogens is 251 g/mol. The molecule has 0 radical (unpaired) electrons. The van der Waals surface area contributed by atoms with E-state index in [-0.39, 0.29) is 31.2 Å². The summed E-state index contributed by atoms with van der Waals surface area (Å²) in [4.78, 5) is 0. The van der Waals surface area contributed by atoms with Crippen LogP contribution in [0.25, 0.3) is 0 Å². The molecule has 0 saturated heterocycles. The smallest absolute Gasteiger partial charge is 0.248 e. The van der Waals surface area contributed by atoms with Crippen LogP contribution >= 0.6 is 11.6 Å². The standard InChI is InChI=1S/C12H13ClF3N/c13-8-1-2-10(14)9(7-8)11(17)3-5-12(15,16)6-4-11/h1-2,7H,3-6,17H2. The fourth-order valence-electron chi connectivity index (χ4n) is 2.21. The third-order valence-corrected chi connectivity index (χ3v) is 3.57. The van der Waals surface area contributed by atoms with E-state index in [1.165, 1.54) is 18.2 Å². The second kappa shape index (κ2) is 4.18. The maximum Gasteiger partial charge on any atom is 0.248 e. The molecule has 1 fully saturated rings. The Morgan fingerprint density at radius 3 is 2.29 bits per heavy atom. The third-order valence-electron chi connectivity index (χ3n) is 3.34. The van der Waals surface area contributed by atoms with Crippen LogP contribution in [0, 0.1) is 5.82 Å².